The topological polar surface area (TPSA) is 92.5 Å². The fourth-order valence-corrected chi connectivity index (χ4v) is 2.61. The summed E-state index contributed by atoms with van der Waals surface area (Å²) in [5.74, 6) is -0.513. The fourth-order valence-electron chi connectivity index (χ4n) is 1.87. The van der Waals surface area contributed by atoms with E-state index in [0.717, 1.165) is 4.88 Å². The van der Waals surface area contributed by atoms with E-state index in [2.05, 4.69) is 5.32 Å². The van der Waals surface area contributed by atoms with Crippen molar-refractivity contribution in [1.29, 1.82) is 0 Å². The number of rotatable bonds is 6. The summed E-state index contributed by atoms with van der Waals surface area (Å²) in [7, 11) is 0. The molecule has 1 heterocycles. The first-order valence-electron chi connectivity index (χ1n) is 6.32. The van der Waals surface area contributed by atoms with Crippen molar-refractivity contribution in [2.75, 3.05) is 6.54 Å². The van der Waals surface area contributed by atoms with Crippen LogP contribution in [0, 0.1) is 10.1 Å². The van der Waals surface area contributed by atoms with E-state index in [1.807, 2.05) is 17.5 Å². The highest BCUT2D eigenvalue weighted by Gasteiger charge is 2.19. The Morgan fingerprint density at radius 3 is 2.76 bits per heavy atom. The van der Waals surface area contributed by atoms with Gasteiger partial charge in [-0.3, -0.25) is 14.9 Å². The van der Waals surface area contributed by atoms with E-state index in [9.17, 15) is 20.0 Å². The van der Waals surface area contributed by atoms with Crippen LogP contribution in [0.1, 0.15) is 27.8 Å². The third kappa shape index (κ3) is 3.87. The Hall–Kier alpha value is -2.25. The van der Waals surface area contributed by atoms with E-state index >= 15 is 0 Å². The van der Waals surface area contributed by atoms with Gasteiger partial charge in [0.15, 0.2) is 0 Å². The minimum Gasteiger partial charge on any atom is -0.388 e. The van der Waals surface area contributed by atoms with Gasteiger partial charge in [-0.05, 0) is 23.9 Å². The summed E-state index contributed by atoms with van der Waals surface area (Å²) in [6.07, 6.45) is -0.288. The molecule has 0 aliphatic carbocycles. The van der Waals surface area contributed by atoms with Crippen LogP contribution in [0.2, 0.25) is 0 Å². The molecule has 21 heavy (non-hydrogen) atoms. The number of nitro groups is 1. The minimum atomic E-state index is -0.643. The van der Waals surface area contributed by atoms with Crippen LogP contribution in [-0.2, 0) is 0 Å². The van der Waals surface area contributed by atoms with Crippen molar-refractivity contribution in [2.24, 2.45) is 0 Å². The van der Waals surface area contributed by atoms with Crippen molar-refractivity contribution in [2.45, 2.75) is 12.5 Å². The van der Waals surface area contributed by atoms with Crippen molar-refractivity contribution in [1.82, 2.24) is 5.32 Å². The minimum absolute atomic E-state index is 0.0214. The Morgan fingerprint density at radius 1 is 1.33 bits per heavy atom. The Kier molecular flexibility index (Phi) is 5.02. The zero-order valence-corrected chi connectivity index (χ0v) is 11.9. The number of amides is 1. The largest absolute Gasteiger partial charge is 0.388 e. The number of aliphatic hydroxyl groups excluding tert-OH is 1. The molecule has 0 aliphatic rings. The van der Waals surface area contributed by atoms with Crippen LogP contribution in [0.4, 0.5) is 5.69 Å². The molecule has 1 atom stereocenters. The van der Waals surface area contributed by atoms with E-state index in [4.69, 9.17) is 0 Å². The van der Waals surface area contributed by atoms with Crippen molar-refractivity contribution in [3.05, 3.63) is 62.3 Å². The zero-order valence-electron chi connectivity index (χ0n) is 11.1. The number of para-hydroxylation sites is 1. The lowest BCUT2D eigenvalue weighted by Gasteiger charge is -2.09. The molecule has 0 spiro atoms. The second kappa shape index (κ2) is 6.96. The SMILES string of the molecule is O=C(NCCC(O)c1cccs1)c1ccccc1[N+](=O)[O-]. The van der Waals surface area contributed by atoms with Gasteiger partial charge in [0.05, 0.1) is 11.0 Å². The van der Waals surface area contributed by atoms with Gasteiger partial charge < -0.3 is 10.4 Å². The molecule has 6 nitrogen and oxygen atoms in total. The van der Waals surface area contributed by atoms with Gasteiger partial charge in [0.1, 0.15) is 5.56 Å². The maximum Gasteiger partial charge on any atom is 0.282 e. The monoisotopic (exact) mass is 306 g/mol. The first kappa shape index (κ1) is 15.1. The summed E-state index contributed by atoms with van der Waals surface area (Å²) in [4.78, 5) is 23.0. The normalized spacial score (nSPS) is 11.9. The quantitative estimate of drug-likeness (QED) is 0.633. The molecule has 0 radical (unpaired) electrons. The van der Waals surface area contributed by atoms with Crippen molar-refractivity contribution < 1.29 is 14.8 Å². The third-order valence-electron chi connectivity index (χ3n) is 2.92. The van der Waals surface area contributed by atoms with Crippen LogP contribution in [-0.4, -0.2) is 22.5 Å². The molecular weight excluding hydrogens is 292 g/mol. The number of nitrogens with one attached hydrogen (secondary N) is 1. The second-order valence-corrected chi connectivity index (χ2v) is 5.33. The van der Waals surface area contributed by atoms with Crippen LogP contribution in [0.5, 0.6) is 0 Å². The summed E-state index contributed by atoms with van der Waals surface area (Å²) in [5, 5.41) is 25.2. The lowest BCUT2D eigenvalue weighted by molar-refractivity contribution is -0.385. The number of carbonyl (C=O) groups is 1. The van der Waals surface area contributed by atoms with Crippen molar-refractivity contribution in [3.63, 3.8) is 0 Å². The molecule has 1 aromatic heterocycles. The number of carbonyl (C=O) groups excluding carboxylic acids is 1. The molecule has 2 aromatic rings. The number of benzene rings is 1. The van der Waals surface area contributed by atoms with Crippen LogP contribution >= 0.6 is 11.3 Å². The van der Waals surface area contributed by atoms with E-state index in [1.165, 1.54) is 29.5 Å². The Bertz CT molecular complexity index is 628. The number of nitro benzene ring substituents is 1. The Balaban J connectivity index is 1.92. The molecule has 2 N–H and O–H groups in total. The predicted molar refractivity (Wildman–Crippen MR) is 79.3 cm³/mol. The zero-order chi connectivity index (χ0) is 15.2. The van der Waals surface area contributed by atoms with Gasteiger partial charge in [-0.15, -0.1) is 11.3 Å². The molecule has 1 amide bonds. The van der Waals surface area contributed by atoms with Gasteiger partial charge in [-0.25, -0.2) is 0 Å². The van der Waals surface area contributed by atoms with Crippen LogP contribution < -0.4 is 5.32 Å². The summed E-state index contributed by atoms with van der Waals surface area (Å²) in [6, 6.07) is 9.44. The van der Waals surface area contributed by atoms with E-state index in [1.54, 1.807) is 6.07 Å². The molecule has 110 valence electrons. The molecule has 1 unspecified atom stereocenters. The standard InChI is InChI=1S/C14H14N2O4S/c17-12(13-6-3-9-21-13)7-8-15-14(18)10-4-1-2-5-11(10)16(19)20/h1-6,9,12,17H,7-8H2,(H,15,18). The third-order valence-corrected chi connectivity index (χ3v) is 3.89. The van der Waals surface area contributed by atoms with Gasteiger partial charge >= 0.3 is 0 Å². The van der Waals surface area contributed by atoms with Gasteiger partial charge in [0, 0.05) is 17.5 Å². The lowest BCUT2D eigenvalue weighted by atomic mass is 10.1. The van der Waals surface area contributed by atoms with Crippen molar-refractivity contribution >= 4 is 22.9 Å². The molecule has 0 bridgehead atoms. The first-order chi connectivity index (χ1) is 10.1. The van der Waals surface area contributed by atoms with Crippen LogP contribution in [0.25, 0.3) is 0 Å². The number of thiophene rings is 1. The highest BCUT2D eigenvalue weighted by atomic mass is 32.1. The fraction of sp³-hybridized carbons (Fsp3) is 0.214. The summed E-state index contributed by atoms with van der Waals surface area (Å²) >= 11 is 1.44. The molecule has 2 rings (SSSR count). The average molecular weight is 306 g/mol. The number of hydrogen-bond donors (Lipinski definition) is 2. The van der Waals surface area contributed by atoms with Gasteiger partial charge in [0.25, 0.3) is 11.6 Å². The molecule has 0 fully saturated rings. The molecule has 0 saturated carbocycles. The second-order valence-electron chi connectivity index (χ2n) is 4.35. The van der Waals surface area contributed by atoms with Crippen LogP contribution in [0.3, 0.4) is 0 Å². The highest BCUT2D eigenvalue weighted by Crippen LogP contribution is 2.21. The van der Waals surface area contributed by atoms with Gasteiger partial charge in [-0.2, -0.15) is 0 Å². The molecule has 1 aromatic carbocycles. The molecule has 0 saturated heterocycles. The van der Waals surface area contributed by atoms with Crippen LogP contribution in [0.15, 0.2) is 41.8 Å². The maximum absolute atomic E-state index is 11.9. The van der Waals surface area contributed by atoms with Gasteiger partial charge in [-0.1, -0.05) is 18.2 Å². The number of hydrogen-bond acceptors (Lipinski definition) is 5. The van der Waals surface area contributed by atoms with E-state index < -0.39 is 16.9 Å². The summed E-state index contributed by atoms with van der Waals surface area (Å²) < 4.78 is 0. The lowest BCUT2D eigenvalue weighted by Crippen LogP contribution is -2.26. The van der Waals surface area contributed by atoms with E-state index in [-0.39, 0.29) is 17.8 Å². The molecular formula is C14H14N2O4S. The Labute approximate surface area is 125 Å². The molecule has 0 aliphatic heterocycles. The first-order valence-corrected chi connectivity index (χ1v) is 7.20. The predicted octanol–water partition coefficient (Wildman–Crippen LogP) is 2.51. The smallest absolute Gasteiger partial charge is 0.282 e. The average Bonchev–Trinajstić information content (AvgIpc) is 3.01. The summed E-state index contributed by atoms with van der Waals surface area (Å²) in [6.45, 7) is 0.240. The summed E-state index contributed by atoms with van der Waals surface area (Å²) in [5.41, 5.74) is -0.207. The highest BCUT2D eigenvalue weighted by molar-refractivity contribution is 7.10. The van der Waals surface area contributed by atoms with Gasteiger partial charge in [0.2, 0.25) is 0 Å². The maximum atomic E-state index is 11.9. The van der Waals surface area contributed by atoms with E-state index in [0.29, 0.717) is 6.42 Å². The molecule has 7 heteroatoms. The number of aliphatic hydroxyl groups is 1. The Morgan fingerprint density at radius 2 is 2.10 bits per heavy atom. The number of nitrogens with zero attached hydrogens (tertiary/aromatic N) is 1. The van der Waals surface area contributed by atoms with Crippen molar-refractivity contribution in [3.8, 4) is 0 Å².